The van der Waals surface area contributed by atoms with Crippen LogP contribution in [0.2, 0.25) is 0 Å². The van der Waals surface area contributed by atoms with Gasteiger partial charge >= 0.3 is 0 Å². The fourth-order valence-electron chi connectivity index (χ4n) is 2.35. The van der Waals surface area contributed by atoms with Crippen molar-refractivity contribution in [3.8, 4) is 0 Å². The highest BCUT2D eigenvalue weighted by Crippen LogP contribution is 2.36. The van der Waals surface area contributed by atoms with Crippen LogP contribution < -0.4 is 5.73 Å². The number of nitrogens with zero attached hydrogens (tertiary/aromatic N) is 2. The Labute approximate surface area is 93.9 Å². The van der Waals surface area contributed by atoms with Gasteiger partial charge in [0.2, 0.25) is 5.89 Å². The van der Waals surface area contributed by atoms with Crippen LogP contribution in [0.25, 0.3) is 11.2 Å². The Morgan fingerprint density at radius 3 is 2.75 bits per heavy atom. The Hall–Kier alpha value is -1.42. The number of aryl methyl sites for hydroxylation is 1. The first-order valence-electron chi connectivity index (χ1n) is 5.71. The predicted molar refractivity (Wildman–Crippen MR) is 60.9 cm³/mol. The van der Waals surface area contributed by atoms with Crippen molar-refractivity contribution in [2.24, 2.45) is 5.73 Å². The molecule has 0 unspecified atom stereocenters. The Bertz CT molecular complexity index is 526. The molecule has 84 valence electrons. The molecule has 16 heavy (non-hydrogen) atoms. The summed E-state index contributed by atoms with van der Waals surface area (Å²) in [5, 5.41) is 0. The highest BCUT2D eigenvalue weighted by Gasteiger charge is 2.36. The first-order valence-corrected chi connectivity index (χ1v) is 5.71. The van der Waals surface area contributed by atoms with Gasteiger partial charge in [0.15, 0.2) is 11.2 Å². The molecule has 4 nitrogen and oxygen atoms in total. The summed E-state index contributed by atoms with van der Waals surface area (Å²) in [6.07, 6.45) is 4.22. The molecule has 0 aromatic carbocycles. The van der Waals surface area contributed by atoms with Crippen molar-refractivity contribution in [3.05, 3.63) is 23.7 Å². The van der Waals surface area contributed by atoms with Crippen molar-refractivity contribution in [2.45, 2.75) is 38.1 Å². The number of hydrogen-bond acceptors (Lipinski definition) is 4. The molecule has 0 amide bonds. The van der Waals surface area contributed by atoms with Gasteiger partial charge in [-0.1, -0.05) is 12.8 Å². The van der Waals surface area contributed by atoms with E-state index >= 15 is 0 Å². The van der Waals surface area contributed by atoms with E-state index in [1.165, 1.54) is 0 Å². The number of fused-ring (bicyclic) bond motifs is 1. The van der Waals surface area contributed by atoms with Crippen LogP contribution >= 0.6 is 0 Å². The van der Waals surface area contributed by atoms with Crippen molar-refractivity contribution in [1.29, 1.82) is 0 Å². The summed E-state index contributed by atoms with van der Waals surface area (Å²) in [4.78, 5) is 8.76. The van der Waals surface area contributed by atoms with Gasteiger partial charge in [0.1, 0.15) is 0 Å². The van der Waals surface area contributed by atoms with Crippen molar-refractivity contribution in [3.63, 3.8) is 0 Å². The van der Waals surface area contributed by atoms with Crippen LogP contribution in [-0.2, 0) is 5.54 Å². The molecule has 1 fully saturated rings. The normalized spacial score (nSPS) is 19.4. The van der Waals surface area contributed by atoms with E-state index in [2.05, 4.69) is 9.97 Å². The highest BCUT2D eigenvalue weighted by atomic mass is 16.4. The second kappa shape index (κ2) is 3.28. The van der Waals surface area contributed by atoms with E-state index in [0.29, 0.717) is 11.5 Å². The summed E-state index contributed by atoms with van der Waals surface area (Å²) in [6, 6.07) is 3.83. The van der Waals surface area contributed by atoms with Crippen molar-refractivity contribution in [1.82, 2.24) is 9.97 Å². The maximum atomic E-state index is 6.30. The van der Waals surface area contributed by atoms with E-state index in [0.717, 1.165) is 37.0 Å². The summed E-state index contributed by atoms with van der Waals surface area (Å²) in [7, 11) is 0. The molecule has 4 heteroatoms. The van der Waals surface area contributed by atoms with Crippen LogP contribution in [0.15, 0.2) is 16.5 Å². The summed E-state index contributed by atoms with van der Waals surface area (Å²) < 4.78 is 5.71. The second-order valence-electron chi connectivity index (χ2n) is 4.66. The Balaban J connectivity index is 2.11. The molecule has 0 spiro atoms. The van der Waals surface area contributed by atoms with Gasteiger partial charge in [-0.25, -0.2) is 4.98 Å². The fourth-order valence-corrected chi connectivity index (χ4v) is 2.35. The zero-order valence-electron chi connectivity index (χ0n) is 9.36. The van der Waals surface area contributed by atoms with E-state index < -0.39 is 0 Å². The third-order valence-electron chi connectivity index (χ3n) is 3.31. The topological polar surface area (TPSA) is 64.9 Å². The minimum absolute atomic E-state index is 0.366. The molecule has 0 atom stereocenters. The van der Waals surface area contributed by atoms with Gasteiger partial charge in [-0.05, 0) is 31.9 Å². The first-order chi connectivity index (χ1) is 7.67. The average Bonchev–Trinajstić information content (AvgIpc) is 2.84. The Morgan fingerprint density at radius 1 is 1.25 bits per heavy atom. The maximum Gasteiger partial charge on any atom is 0.217 e. The molecular weight excluding hydrogens is 202 g/mol. The van der Waals surface area contributed by atoms with Crippen LogP contribution in [0.4, 0.5) is 0 Å². The Kier molecular flexibility index (Phi) is 2.01. The summed E-state index contributed by atoms with van der Waals surface area (Å²) >= 11 is 0. The number of rotatable bonds is 1. The molecule has 2 heterocycles. The third-order valence-corrected chi connectivity index (χ3v) is 3.31. The van der Waals surface area contributed by atoms with Crippen molar-refractivity contribution >= 4 is 11.2 Å². The van der Waals surface area contributed by atoms with Crippen LogP contribution in [0, 0.1) is 6.92 Å². The van der Waals surface area contributed by atoms with E-state index in [9.17, 15) is 0 Å². The quantitative estimate of drug-likeness (QED) is 0.795. The molecule has 1 aliphatic carbocycles. The lowest BCUT2D eigenvalue weighted by atomic mass is 10.00. The Morgan fingerprint density at radius 2 is 2.00 bits per heavy atom. The fraction of sp³-hybridized carbons (Fsp3) is 0.500. The molecule has 0 saturated heterocycles. The van der Waals surface area contributed by atoms with Crippen LogP contribution in [0.5, 0.6) is 0 Å². The maximum absolute atomic E-state index is 6.30. The predicted octanol–water partition coefficient (Wildman–Crippen LogP) is 2.26. The van der Waals surface area contributed by atoms with Gasteiger partial charge < -0.3 is 10.2 Å². The number of nitrogens with two attached hydrogens (primary N) is 1. The molecule has 2 aromatic heterocycles. The number of oxazole rings is 1. The average molecular weight is 217 g/mol. The molecule has 2 N–H and O–H groups in total. The zero-order valence-corrected chi connectivity index (χ0v) is 9.36. The van der Waals surface area contributed by atoms with Crippen LogP contribution in [0.1, 0.15) is 37.3 Å². The second-order valence-corrected chi connectivity index (χ2v) is 4.66. The van der Waals surface area contributed by atoms with E-state index in [1.807, 2.05) is 19.1 Å². The summed E-state index contributed by atoms with van der Waals surface area (Å²) in [5.74, 6) is 0.651. The van der Waals surface area contributed by atoms with Gasteiger partial charge in [-0.3, -0.25) is 0 Å². The zero-order chi connectivity index (χ0) is 11.2. The minimum atomic E-state index is -0.366. The molecule has 0 aliphatic heterocycles. The number of hydrogen-bond donors (Lipinski definition) is 1. The van der Waals surface area contributed by atoms with Crippen molar-refractivity contribution < 1.29 is 4.42 Å². The summed E-state index contributed by atoms with van der Waals surface area (Å²) in [6.45, 7) is 1.95. The molecular formula is C12H15N3O. The molecule has 1 aliphatic rings. The van der Waals surface area contributed by atoms with Gasteiger partial charge in [0, 0.05) is 5.69 Å². The lowest BCUT2D eigenvalue weighted by Gasteiger charge is -2.17. The van der Waals surface area contributed by atoms with Crippen molar-refractivity contribution in [2.75, 3.05) is 0 Å². The van der Waals surface area contributed by atoms with Gasteiger partial charge in [-0.15, -0.1) is 0 Å². The monoisotopic (exact) mass is 217 g/mol. The van der Waals surface area contributed by atoms with E-state index in [4.69, 9.17) is 10.2 Å². The van der Waals surface area contributed by atoms with Gasteiger partial charge in [0.25, 0.3) is 0 Å². The molecule has 1 saturated carbocycles. The minimum Gasteiger partial charge on any atom is -0.437 e. The van der Waals surface area contributed by atoms with E-state index in [1.54, 1.807) is 0 Å². The van der Waals surface area contributed by atoms with Crippen LogP contribution in [-0.4, -0.2) is 9.97 Å². The molecule has 2 aromatic rings. The third kappa shape index (κ3) is 1.41. The molecule has 0 radical (unpaired) electrons. The largest absolute Gasteiger partial charge is 0.437 e. The highest BCUT2D eigenvalue weighted by molar-refractivity contribution is 5.67. The van der Waals surface area contributed by atoms with Gasteiger partial charge in [-0.2, -0.15) is 4.98 Å². The summed E-state index contributed by atoms with van der Waals surface area (Å²) in [5.41, 5.74) is 8.29. The lowest BCUT2D eigenvalue weighted by Crippen LogP contribution is -2.33. The molecule has 0 bridgehead atoms. The molecule has 3 rings (SSSR count). The standard InChI is InChI=1S/C12H15N3O/c1-8-4-5-9-10(14-8)15-11(16-9)12(13)6-2-3-7-12/h4-5H,2-3,6-7,13H2,1H3. The van der Waals surface area contributed by atoms with Crippen LogP contribution in [0.3, 0.4) is 0 Å². The number of aromatic nitrogens is 2. The first kappa shape index (κ1) is 9.78. The smallest absolute Gasteiger partial charge is 0.217 e. The number of pyridine rings is 1. The lowest BCUT2D eigenvalue weighted by molar-refractivity contribution is 0.346. The van der Waals surface area contributed by atoms with E-state index in [-0.39, 0.29) is 5.54 Å². The SMILES string of the molecule is Cc1ccc2oc(C3(N)CCCC3)nc2n1. The van der Waals surface area contributed by atoms with Gasteiger partial charge in [0.05, 0.1) is 5.54 Å².